The van der Waals surface area contributed by atoms with Crippen molar-refractivity contribution in [3.8, 4) is 11.8 Å². The molecule has 3 aromatic rings. The van der Waals surface area contributed by atoms with Crippen LogP contribution in [0.2, 0.25) is 5.02 Å². The number of benzene rings is 3. The molecule has 3 heterocycles. The standard InChI is InChI=1S/C42H44ClF3N6O5S/c1-4-27-20-32(52-40(58)51(39(56)41(52,2)3)31-6-5-28(23-47)34(22-31)42(44,45)46)7-9-36(27)57-16-13-25-11-14-50(15-12-25)24-33(53)19-26-17-29(43)21-30(18-26)48-35-8-10-37(54)49-38(35)55/h5-7,9,17-18,20-22,25,35,48H,4,8,10-16,19,24H2,1-3H3,(H,49,54,55). The zero-order valence-electron chi connectivity index (χ0n) is 32.4. The number of piperidine rings is 2. The molecule has 16 heteroatoms. The molecular weight excluding hydrogens is 793 g/mol. The average molecular weight is 837 g/mol. The minimum absolute atomic E-state index is 0.0227. The van der Waals surface area contributed by atoms with Crippen LogP contribution in [0.15, 0.2) is 54.6 Å². The number of thiocarbonyl (C=S) groups is 1. The highest BCUT2D eigenvalue weighted by molar-refractivity contribution is 7.81. The quantitative estimate of drug-likeness (QED) is 0.134. The first-order valence-corrected chi connectivity index (χ1v) is 20.0. The Bertz CT molecular complexity index is 2170. The van der Waals surface area contributed by atoms with Crippen LogP contribution in [-0.2, 0) is 38.2 Å². The summed E-state index contributed by atoms with van der Waals surface area (Å²) in [6.07, 6.45) is -0.679. The van der Waals surface area contributed by atoms with Gasteiger partial charge in [0.25, 0.3) is 5.91 Å². The van der Waals surface area contributed by atoms with Crippen LogP contribution in [0.1, 0.15) is 75.1 Å². The van der Waals surface area contributed by atoms with Crippen molar-refractivity contribution >= 4 is 69.5 Å². The lowest BCUT2D eigenvalue weighted by molar-refractivity contribution is -0.138. The Morgan fingerprint density at radius 3 is 2.45 bits per heavy atom. The van der Waals surface area contributed by atoms with Crippen molar-refractivity contribution < 1.29 is 37.1 Å². The fourth-order valence-corrected chi connectivity index (χ4v) is 8.53. The second-order valence-electron chi connectivity index (χ2n) is 15.4. The van der Waals surface area contributed by atoms with E-state index >= 15 is 0 Å². The van der Waals surface area contributed by atoms with E-state index < -0.39 is 34.8 Å². The van der Waals surface area contributed by atoms with Crippen molar-refractivity contribution in [2.75, 3.05) is 41.4 Å². The molecule has 3 saturated heterocycles. The van der Waals surface area contributed by atoms with Gasteiger partial charge in [-0.1, -0.05) is 18.5 Å². The lowest BCUT2D eigenvalue weighted by Gasteiger charge is -2.31. The Kier molecular flexibility index (Phi) is 12.8. The normalized spacial score (nSPS) is 19.0. The molecule has 0 bridgehead atoms. The van der Waals surface area contributed by atoms with Gasteiger partial charge in [0.05, 0.1) is 36.0 Å². The minimum atomic E-state index is -4.79. The number of nitrogens with zero attached hydrogens (tertiary/aromatic N) is 4. The largest absolute Gasteiger partial charge is 0.493 e. The second-order valence-corrected chi connectivity index (χ2v) is 16.2. The van der Waals surface area contributed by atoms with E-state index in [1.807, 2.05) is 25.1 Å². The number of rotatable bonds is 13. The van der Waals surface area contributed by atoms with E-state index in [0.717, 1.165) is 60.5 Å². The molecule has 3 aliphatic heterocycles. The van der Waals surface area contributed by atoms with Crippen molar-refractivity contribution in [2.24, 2.45) is 5.92 Å². The van der Waals surface area contributed by atoms with Crippen molar-refractivity contribution in [3.05, 3.63) is 81.9 Å². The van der Waals surface area contributed by atoms with Crippen LogP contribution in [0.4, 0.5) is 30.2 Å². The molecule has 3 aliphatic rings. The van der Waals surface area contributed by atoms with E-state index in [9.17, 15) is 37.6 Å². The monoisotopic (exact) mass is 836 g/mol. The molecule has 2 N–H and O–H groups in total. The van der Waals surface area contributed by atoms with Gasteiger partial charge in [0.1, 0.15) is 17.3 Å². The van der Waals surface area contributed by atoms with E-state index in [2.05, 4.69) is 15.5 Å². The van der Waals surface area contributed by atoms with Crippen LogP contribution in [0.3, 0.4) is 0 Å². The van der Waals surface area contributed by atoms with Crippen molar-refractivity contribution in [1.82, 2.24) is 10.2 Å². The third-order valence-electron chi connectivity index (χ3n) is 10.9. The summed E-state index contributed by atoms with van der Waals surface area (Å²) in [7, 11) is 0. The van der Waals surface area contributed by atoms with Crippen LogP contribution in [-0.4, -0.2) is 71.3 Å². The minimum Gasteiger partial charge on any atom is -0.493 e. The smallest absolute Gasteiger partial charge is 0.417 e. The maximum absolute atomic E-state index is 13.8. The van der Waals surface area contributed by atoms with Gasteiger partial charge in [-0.2, -0.15) is 18.4 Å². The number of aryl methyl sites for hydroxylation is 1. The number of hydrogen-bond acceptors (Lipinski definition) is 9. The van der Waals surface area contributed by atoms with Crippen LogP contribution in [0, 0.1) is 17.2 Å². The number of likely N-dealkylation sites (tertiary alicyclic amines) is 1. The molecule has 1 atom stereocenters. The molecule has 3 amide bonds. The van der Waals surface area contributed by atoms with Gasteiger partial charge >= 0.3 is 6.18 Å². The third-order valence-corrected chi connectivity index (χ3v) is 11.5. The maximum Gasteiger partial charge on any atom is 0.417 e. The molecule has 0 saturated carbocycles. The lowest BCUT2D eigenvalue weighted by atomic mass is 9.93. The van der Waals surface area contributed by atoms with Crippen LogP contribution in [0.25, 0.3) is 0 Å². The van der Waals surface area contributed by atoms with Crippen molar-refractivity contribution in [2.45, 2.75) is 83.5 Å². The van der Waals surface area contributed by atoms with Crippen molar-refractivity contribution in [1.29, 1.82) is 5.26 Å². The number of imide groups is 1. The Morgan fingerprint density at radius 1 is 1.05 bits per heavy atom. The number of amides is 3. The number of alkyl halides is 3. The number of nitrogens with one attached hydrogen (secondary N) is 2. The van der Waals surface area contributed by atoms with Gasteiger partial charge < -0.3 is 15.0 Å². The highest BCUT2D eigenvalue weighted by Gasteiger charge is 2.51. The lowest BCUT2D eigenvalue weighted by Crippen LogP contribution is -2.47. The predicted molar refractivity (Wildman–Crippen MR) is 218 cm³/mol. The molecule has 1 unspecified atom stereocenters. The SMILES string of the molecule is CCc1cc(N2C(=S)N(c3ccc(C#N)c(C(F)(F)F)c3)C(=O)C2(C)C)ccc1OCCC1CCN(CC(=O)Cc2cc(Cl)cc(NC3CCC(=O)NC3=O)c2)CC1. The Labute approximate surface area is 345 Å². The molecule has 306 valence electrons. The summed E-state index contributed by atoms with van der Waals surface area (Å²) in [6.45, 7) is 7.67. The number of halogens is 4. The molecule has 3 fully saturated rings. The number of hydrogen-bond donors (Lipinski definition) is 2. The van der Waals surface area contributed by atoms with E-state index in [-0.39, 0.29) is 41.2 Å². The number of carbonyl (C=O) groups excluding carboxylic acids is 4. The molecule has 6 rings (SSSR count). The van der Waals surface area contributed by atoms with E-state index in [1.54, 1.807) is 43.0 Å². The van der Waals surface area contributed by atoms with E-state index in [1.165, 1.54) is 6.07 Å². The molecular formula is C42H44ClF3N6O5S. The third kappa shape index (κ3) is 9.46. The average Bonchev–Trinajstić information content (AvgIpc) is 3.34. The summed E-state index contributed by atoms with van der Waals surface area (Å²) in [4.78, 5) is 55.3. The van der Waals surface area contributed by atoms with Gasteiger partial charge in [-0.3, -0.25) is 34.3 Å². The Balaban J connectivity index is 1.00. The summed E-state index contributed by atoms with van der Waals surface area (Å²) in [5.41, 5.74) is -0.132. The molecule has 11 nitrogen and oxygen atoms in total. The molecule has 3 aromatic carbocycles. The van der Waals surface area contributed by atoms with Gasteiger partial charge in [-0.25, -0.2) is 0 Å². The highest BCUT2D eigenvalue weighted by atomic mass is 35.5. The number of nitriles is 1. The molecule has 0 aliphatic carbocycles. The van der Waals surface area contributed by atoms with E-state index in [4.69, 9.17) is 28.6 Å². The van der Waals surface area contributed by atoms with Crippen LogP contribution < -0.4 is 25.2 Å². The number of carbonyl (C=O) groups is 4. The zero-order valence-corrected chi connectivity index (χ0v) is 34.0. The summed E-state index contributed by atoms with van der Waals surface area (Å²) in [6, 6.07) is 14.9. The van der Waals surface area contributed by atoms with Crippen LogP contribution in [0.5, 0.6) is 5.75 Å². The molecule has 0 aromatic heterocycles. The second kappa shape index (κ2) is 17.4. The summed E-state index contributed by atoms with van der Waals surface area (Å²) >= 11 is 12.0. The fourth-order valence-electron chi connectivity index (χ4n) is 7.75. The maximum atomic E-state index is 13.8. The summed E-state index contributed by atoms with van der Waals surface area (Å²) in [5, 5.41) is 15.2. The van der Waals surface area contributed by atoms with Crippen molar-refractivity contribution in [3.63, 3.8) is 0 Å². The molecule has 0 radical (unpaired) electrons. The summed E-state index contributed by atoms with van der Waals surface area (Å²) < 4.78 is 47.6. The van der Waals surface area contributed by atoms with Gasteiger partial charge in [-0.05, 0) is 143 Å². The Hall–Kier alpha value is -5.04. The summed E-state index contributed by atoms with van der Waals surface area (Å²) in [5.74, 6) is -0.00115. The first-order chi connectivity index (χ1) is 27.5. The number of ketones is 1. The van der Waals surface area contributed by atoms with Gasteiger partial charge in [0.15, 0.2) is 10.9 Å². The van der Waals surface area contributed by atoms with Crippen LogP contribution >= 0.6 is 23.8 Å². The zero-order chi connectivity index (χ0) is 41.9. The van der Waals surface area contributed by atoms with E-state index in [0.29, 0.717) is 54.1 Å². The molecule has 0 spiro atoms. The van der Waals surface area contributed by atoms with Gasteiger partial charge in [-0.15, -0.1) is 0 Å². The molecule has 58 heavy (non-hydrogen) atoms. The highest BCUT2D eigenvalue weighted by Crippen LogP contribution is 2.41. The Morgan fingerprint density at radius 2 is 1.78 bits per heavy atom. The van der Waals surface area contributed by atoms with Gasteiger partial charge in [0, 0.05) is 29.2 Å². The topological polar surface area (TPSA) is 135 Å². The number of Topliss-reactive ketones (excluding diaryl/α,β-unsaturated/α-hetero) is 1. The first kappa shape index (κ1) is 42.6. The predicted octanol–water partition coefficient (Wildman–Crippen LogP) is 7.22. The first-order valence-electron chi connectivity index (χ1n) is 19.2. The number of anilines is 3. The van der Waals surface area contributed by atoms with Gasteiger partial charge in [0.2, 0.25) is 11.8 Å². The number of ether oxygens (including phenoxy) is 1. The fraction of sp³-hybridized carbons (Fsp3) is 0.429.